The van der Waals surface area contributed by atoms with Gasteiger partial charge in [0.2, 0.25) is 0 Å². The van der Waals surface area contributed by atoms with Gasteiger partial charge in [0.05, 0.1) is 6.61 Å². The Bertz CT molecular complexity index is 198. The molecular weight excluding hydrogens is 168 g/mol. The highest BCUT2D eigenvalue weighted by atomic mass is 16.5. The van der Waals surface area contributed by atoms with Crippen LogP contribution in [-0.2, 0) is 9.53 Å². The van der Waals surface area contributed by atoms with Gasteiger partial charge in [0, 0.05) is 31.8 Å². The third kappa shape index (κ3) is 3.57. The van der Waals surface area contributed by atoms with Crippen LogP contribution < -0.4 is 5.73 Å². The maximum absolute atomic E-state index is 10.8. The molecule has 4 nitrogen and oxygen atoms in total. The summed E-state index contributed by atoms with van der Waals surface area (Å²) in [6.07, 6.45) is 3.28. The summed E-state index contributed by atoms with van der Waals surface area (Å²) in [5, 5.41) is 0. The zero-order valence-corrected chi connectivity index (χ0v) is 7.90. The monoisotopic (exact) mass is 184 g/mol. The molecule has 1 aliphatic heterocycles. The van der Waals surface area contributed by atoms with Crippen molar-refractivity contribution >= 4 is 5.97 Å². The topological polar surface area (TPSA) is 55.6 Å². The van der Waals surface area contributed by atoms with Crippen LogP contribution in [0.4, 0.5) is 0 Å². The van der Waals surface area contributed by atoms with Gasteiger partial charge in [0.15, 0.2) is 0 Å². The molecule has 0 aromatic carbocycles. The van der Waals surface area contributed by atoms with Gasteiger partial charge in [-0.3, -0.25) is 4.90 Å². The van der Waals surface area contributed by atoms with Gasteiger partial charge in [-0.15, -0.1) is 0 Å². The van der Waals surface area contributed by atoms with Crippen molar-refractivity contribution in [2.45, 2.75) is 13.0 Å². The Hall–Kier alpha value is -0.870. The Labute approximate surface area is 78.3 Å². The van der Waals surface area contributed by atoms with Gasteiger partial charge in [-0.05, 0) is 6.92 Å². The van der Waals surface area contributed by atoms with Gasteiger partial charge in [0.1, 0.15) is 0 Å². The van der Waals surface area contributed by atoms with Crippen molar-refractivity contribution in [2.24, 2.45) is 5.73 Å². The largest absolute Gasteiger partial charge is 0.463 e. The molecule has 4 heteroatoms. The van der Waals surface area contributed by atoms with Crippen LogP contribution in [0, 0.1) is 0 Å². The lowest BCUT2D eigenvalue weighted by Gasteiger charge is -2.35. The molecule has 0 unspecified atom stereocenters. The van der Waals surface area contributed by atoms with E-state index in [0.29, 0.717) is 12.6 Å². The van der Waals surface area contributed by atoms with Gasteiger partial charge < -0.3 is 10.5 Å². The number of esters is 1. The zero-order valence-electron chi connectivity index (χ0n) is 7.90. The Morgan fingerprint density at radius 1 is 1.69 bits per heavy atom. The third-order valence-electron chi connectivity index (χ3n) is 1.89. The number of nitrogens with two attached hydrogens (primary N) is 1. The van der Waals surface area contributed by atoms with Crippen LogP contribution in [0.5, 0.6) is 0 Å². The highest BCUT2D eigenvalue weighted by Gasteiger charge is 2.20. The van der Waals surface area contributed by atoms with E-state index in [9.17, 15) is 4.79 Å². The van der Waals surface area contributed by atoms with Crippen LogP contribution in [0.2, 0.25) is 0 Å². The van der Waals surface area contributed by atoms with Gasteiger partial charge in [-0.1, -0.05) is 6.08 Å². The number of carbonyl (C=O) groups excluding carboxylic acids is 1. The smallest absolute Gasteiger partial charge is 0.330 e. The number of ether oxygens (including phenoxy) is 1. The molecule has 1 heterocycles. The lowest BCUT2D eigenvalue weighted by molar-refractivity contribution is -0.137. The van der Waals surface area contributed by atoms with E-state index < -0.39 is 0 Å². The highest BCUT2D eigenvalue weighted by molar-refractivity contribution is 5.81. The van der Waals surface area contributed by atoms with Crippen molar-refractivity contribution in [3.63, 3.8) is 0 Å². The standard InChI is InChI=1S/C9H16N2O2/c1-2-13-9(12)4-3-5-11-6-8(10)7-11/h3-4,8H,2,5-7,10H2,1H3/b4-3+. The summed E-state index contributed by atoms with van der Waals surface area (Å²) in [7, 11) is 0. The molecule has 0 saturated carbocycles. The first-order valence-electron chi connectivity index (χ1n) is 4.53. The molecule has 0 radical (unpaired) electrons. The fourth-order valence-electron chi connectivity index (χ4n) is 1.25. The highest BCUT2D eigenvalue weighted by Crippen LogP contribution is 2.03. The van der Waals surface area contributed by atoms with E-state index in [4.69, 9.17) is 10.5 Å². The van der Waals surface area contributed by atoms with Crippen molar-refractivity contribution in [1.29, 1.82) is 0 Å². The Morgan fingerprint density at radius 3 is 2.92 bits per heavy atom. The lowest BCUT2D eigenvalue weighted by atomic mass is 10.1. The predicted molar refractivity (Wildman–Crippen MR) is 50.2 cm³/mol. The minimum absolute atomic E-state index is 0.271. The van der Waals surface area contributed by atoms with E-state index in [1.54, 1.807) is 6.92 Å². The van der Waals surface area contributed by atoms with E-state index in [0.717, 1.165) is 19.6 Å². The molecule has 0 aliphatic carbocycles. The number of carbonyl (C=O) groups is 1. The van der Waals surface area contributed by atoms with Gasteiger partial charge in [0.25, 0.3) is 0 Å². The first-order chi connectivity index (χ1) is 6.22. The molecular formula is C9H16N2O2. The van der Waals surface area contributed by atoms with E-state index in [-0.39, 0.29) is 5.97 Å². The second-order valence-electron chi connectivity index (χ2n) is 3.13. The summed E-state index contributed by atoms with van der Waals surface area (Å²) in [6, 6.07) is 0.316. The summed E-state index contributed by atoms with van der Waals surface area (Å²) in [6.45, 7) is 4.85. The molecule has 1 aliphatic rings. The van der Waals surface area contributed by atoms with Crippen LogP contribution in [0.1, 0.15) is 6.92 Å². The molecule has 0 aromatic heterocycles. The van der Waals surface area contributed by atoms with Gasteiger partial charge >= 0.3 is 5.97 Å². The van der Waals surface area contributed by atoms with Crippen LogP contribution in [0.25, 0.3) is 0 Å². The zero-order chi connectivity index (χ0) is 9.68. The van der Waals surface area contributed by atoms with E-state index in [1.807, 2.05) is 6.08 Å². The lowest BCUT2D eigenvalue weighted by Crippen LogP contribution is -2.55. The number of nitrogens with zero attached hydrogens (tertiary/aromatic N) is 1. The summed E-state index contributed by atoms with van der Waals surface area (Å²) >= 11 is 0. The van der Waals surface area contributed by atoms with Gasteiger partial charge in [-0.25, -0.2) is 4.79 Å². The number of rotatable bonds is 4. The maximum atomic E-state index is 10.8. The van der Waals surface area contributed by atoms with Crippen LogP contribution in [0.15, 0.2) is 12.2 Å². The molecule has 74 valence electrons. The average Bonchev–Trinajstić information content (AvgIpc) is 2.01. The quantitative estimate of drug-likeness (QED) is 0.483. The third-order valence-corrected chi connectivity index (χ3v) is 1.89. The Kier molecular flexibility index (Phi) is 3.92. The summed E-state index contributed by atoms with van der Waals surface area (Å²) in [4.78, 5) is 13.0. The van der Waals surface area contributed by atoms with Crippen molar-refractivity contribution < 1.29 is 9.53 Å². The second kappa shape index (κ2) is 4.99. The minimum atomic E-state index is -0.271. The van der Waals surface area contributed by atoms with Crippen molar-refractivity contribution in [1.82, 2.24) is 4.90 Å². The maximum Gasteiger partial charge on any atom is 0.330 e. The Balaban J connectivity index is 2.07. The molecule has 0 aromatic rings. The van der Waals surface area contributed by atoms with Gasteiger partial charge in [-0.2, -0.15) is 0 Å². The normalized spacial score (nSPS) is 18.9. The SMILES string of the molecule is CCOC(=O)/C=C/CN1CC(N)C1. The molecule has 1 rings (SSSR count). The average molecular weight is 184 g/mol. The molecule has 13 heavy (non-hydrogen) atoms. The van der Waals surface area contributed by atoms with Crippen LogP contribution >= 0.6 is 0 Å². The number of likely N-dealkylation sites (tertiary alicyclic amines) is 1. The first-order valence-corrected chi connectivity index (χ1v) is 4.53. The van der Waals surface area contributed by atoms with Crippen molar-refractivity contribution in [3.8, 4) is 0 Å². The molecule has 1 fully saturated rings. The fourth-order valence-corrected chi connectivity index (χ4v) is 1.25. The van der Waals surface area contributed by atoms with Crippen molar-refractivity contribution in [2.75, 3.05) is 26.2 Å². The summed E-state index contributed by atoms with van der Waals surface area (Å²) < 4.78 is 4.73. The Morgan fingerprint density at radius 2 is 2.38 bits per heavy atom. The number of hydrogen-bond acceptors (Lipinski definition) is 4. The van der Waals surface area contributed by atoms with Crippen molar-refractivity contribution in [3.05, 3.63) is 12.2 Å². The first kappa shape index (κ1) is 10.2. The summed E-state index contributed by atoms with van der Waals surface area (Å²) in [5.41, 5.74) is 5.59. The molecule has 0 spiro atoms. The predicted octanol–water partition coefficient (Wildman–Crippen LogP) is -0.251. The van der Waals surface area contributed by atoms with Crippen LogP contribution in [0.3, 0.4) is 0 Å². The second-order valence-corrected chi connectivity index (χ2v) is 3.13. The molecule has 0 amide bonds. The van der Waals surface area contributed by atoms with E-state index in [2.05, 4.69) is 4.90 Å². The molecule has 0 bridgehead atoms. The molecule has 0 atom stereocenters. The fraction of sp³-hybridized carbons (Fsp3) is 0.667. The van der Waals surface area contributed by atoms with E-state index in [1.165, 1.54) is 6.08 Å². The van der Waals surface area contributed by atoms with E-state index >= 15 is 0 Å². The number of hydrogen-bond donors (Lipinski definition) is 1. The van der Waals surface area contributed by atoms with Crippen LogP contribution in [-0.4, -0.2) is 43.2 Å². The minimum Gasteiger partial charge on any atom is -0.463 e. The summed E-state index contributed by atoms with van der Waals surface area (Å²) in [5.74, 6) is -0.271. The molecule has 2 N–H and O–H groups in total. The molecule has 1 saturated heterocycles.